The topological polar surface area (TPSA) is 58.6 Å². The number of amides is 2. The number of nitrogens with zero attached hydrogens (tertiary/aromatic N) is 1. The summed E-state index contributed by atoms with van der Waals surface area (Å²) in [6, 6.07) is -0.783. The van der Waals surface area contributed by atoms with Crippen LogP contribution in [0.3, 0.4) is 0 Å². The van der Waals surface area contributed by atoms with Crippen molar-refractivity contribution in [2.24, 2.45) is 5.92 Å². The van der Waals surface area contributed by atoms with Gasteiger partial charge in [-0.15, -0.1) is 0 Å². The van der Waals surface area contributed by atoms with E-state index < -0.39 is 6.04 Å². The molecule has 20 heavy (non-hydrogen) atoms. The molecule has 0 spiro atoms. The molecule has 2 rings (SSSR count). The van der Waals surface area contributed by atoms with E-state index in [-0.39, 0.29) is 29.3 Å². The molecule has 0 aromatic rings. The number of piperazine rings is 1. The molecule has 3 atom stereocenters. The maximum Gasteiger partial charge on any atom is 0.246 e. The van der Waals surface area contributed by atoms with Gasteiger partial charge in [-0.3, -0.25) is 9.59 Å². The molecule has 2 aliphatic heterocycles. The summed E-state index contributed by atoms with van der Waals surface area (Å²) in [4.78, 5) is 26.9. The number of carbonyl (C=O) groups is 2. The van der Waals surface area contributed by atoms with E-state index in [1.165, 1.54) is 0 Å². The van der Waals surface area contributed by atoms with Crippen molar-refractivity contribution in [1.82, 2.24) is 10.2 Å². The lowest BCUT2D eigenvalue weighted by atomic mass is 9.85. The van der Waals surface area contributed by atoms with Crippen molar-refractivity contribution in [3.63, 3.8) is 0 Å². The average Bonchev–Trinajstić information content (AvgIpc) is 2.42. The van der Waals surface area contributed by atoms with Crippen LogP contribution in [0.1, 0.15) is 47.0 Å². The number of hydrogen-bond acceptors (Lipinski definition) is 3. The molecule has 0 saturated carbocycles. The first kappa shape index (κ1) is 15.3. The van der Waals surface area contributed by atoms with Crippen molar-refractivity contribution in [1.29, 1.82) is 0 Å². The Morgan fingerprint density at radius 3 is 2.55 bits per heavy atom. The molecular formula is C15H26N2O3. The van der Waals surface area contributed by atoms with Crippen LogP contribution in [0, 0.1) is 5.92 Å². The number of rotatable bonds is 3. The molecule has 1 N–H and O–H groups in total. The molecule has 0 aromatic carbocycles. The molecule has 2 aliphatic rings. The van der Waals surface area contributed by atoms with Crippen molar-refractivity contribution in [2.45, 2.75) is 64.6 Å². The van der Waals surface area contributed by atoms with Crippen LogP contribution < -0.4 is 5.32 Å². The van der Waals surface area contributed by atoms with Crippen LogP contribution in [0.5, 0.6) is 0 Å². The van der Waals surface area contributed by atoms with E-state index in [9.17, 15) is 9.59 Å². The Balaban J connectivity index is 2.28. The largest absolute Gasteiger partial charge is 0.381 e. The summed E-state index contributed by atoms with van der Waals surface area (Å²) in [5.74, 6) is 0.184. The van der Waals surface area contributed by atoms with Crippen LogP contribution in [-0.4, -0.2) is 47.6 Å². The van der Waals surface area contributed by atoms with Crippen molar-refractivity contribution < 1.29 is 14.3 Å². The second kappa shape index (κ2) is 5.72. The lowest BCUT2D eigenvalue weighted by Crippen LogP contribution is -2.70. The molecule has 0 aromatic heterocycles. The summed E-state index contributed by atoms with van der Waals surface area (Å²) < 4.78 is 5.41. The first-order valence-electron chi connectivity index (χ1n) is 7.62. The summed E-state index contributed by atoms with van der Waals surface area (Å²) in [5, 5.41) is 2.89. The van der Waals surface area contributed by atoms with Crippen molar-refractivity contribution >= 4 is 11.8 Å². The van der Waals surface area contributed by atoms with E-state index in [0.717, 1.165) is 19.3 Å². The van der Waals surface area contributed by atoms with Gasteiger partial charge >= 0.3 is 0 Å². The zero-order chi connectivity index (χ0) is 14.9. The molecule has 2 heterocycles. The van der Waals surface area contributed by atoms with E-state index in [2.05, 4.69) is 12.2 Å². The third-order valence-electron chi connectivity index (χ3n) is 4.93. The predicted molar refractivity (Wildman–Crippen MR) is 76.2 cm³/mol. The Hall–Kier alpha value is -1.10. The molecule has 5 heteroatoms. The SMILES string of the molecule is CCC(C)C1NC(=O)C(C)N(C2(C)CCOCC2)C1=O. The molecule has 0 bridgehead atoms. The number of nitrogens with one attached hydrogen (secondary N) is 1. The third-order valence-corrected chi connectivity index (χ3v) is 4.93. The van der Waals surface area contributed by atoms with E-state index in [0.29, 0.717) is 13.2 Å². The van der Waals surface area contributed by atoms with Crippen molar-refractivity contribution in [2.75, 3.05) is 13.2 Å². The molecule has 0 aliphatic carbocycles. The standard InChI is InChI=1S/C15H26N2O3/c1-5-10(2)12-14(19)17(11(3)13(18)16-12)15(4)6-8-20-9-7-15/h10-12H,5-9H2,1-4H3,(H,16,18). The van der Waals surface area contributed by atoms with E-state index in [1.54, 1.807) is 0 Å². The first-order chi connectivity index (χ1) is 9.40. The van der Waals surface area contributed by atoms with Gasteiger partial charge in [0.15, 0.2) is 0 Å². The van der Waals surface area contributed by atoms with Gasteiger partial charge in [0.25, 0.3) is 0 Å². The first-order valence-corrected chi connectivity index (χ1v) is 7.62. The van der Waals surface area contributed by atoms with Crippen LogP contribution >= 0.6 is 0 Å². The quantitative estimate of drug-likeness (QED) is 0.849. The zero-order valence-corrected chi connectivity index (χ0v) is 12.9. The summed E-state index contributed by atoms with van der Waals surface area (Å²) in [5.41, 5.74) is -0.266. The zero-order valence-electron chi connectivity index (χ0n) is 12.9. The Bertz CT molecular complexity index is 391. The summed E-state index contributed by atoms with van der Waals surface area (Å²) >= 11 is 0. The second-order valence-corrected chi connectivity index (χ2v) is 6.37. The fourth-order valence-electron chi connectivity index (χ4n) is 3.20. The van der Waals surface area contributed by atoms with Crippen LogP contribution in [0.15, 0.2) is 0 Å². The molecule has 5 nitrogen and oxygen atoms in total. The van der Waals surface area contributed by atoms with Gasteiger partial charge in [0.1, 0.15) is 12.1 Å². The highest BCUT2D eigenvalue weighted by Gasteiger charge is 2.48. The Kier molecular flexibility index (Phi) is 4.37. The smallest absolute Gasteiger partial charge is 0.246 e. The Morgan fingerprint density at radius 1 is 1.40 bits per heavy atom. The van der Waals surface area contributed by atoms with Gasteiger partial charge in [-0.1, -0.05) is 20.3 Å². The number of carbonyl (C=O) groups excluding carboxylic acids is 2. The molecule has 114 valence electrons. The van der Waals surface area contributed by atoms with Crippen LogP contribution in [0.2, 0.25) is 0 Å². The normalized spacial score (nSPS) is 31.9. The maximum atomic E-state index is 12.9. The highest BCUT2D eigenvalue weighted by atomic mass is 16.5. The van der Waals surface area contributed by atoms with Gasteiger partial charge < -0.3 is 15.0 Å². The van der Waals surface area contributed by atoms with Gasteiger partial charge in [-0.2, -0.15) is 0 Å². The minimum absolute atomic E-state index is 0.0392. The summed E-state index contributed by atoms with van der Waals surface area (Å²) in [6.45, 7) is 9.27. The highest BCUT2D eigenvalue weighted by Crippen LogP contribution is 2.32. The van der Waals surface area contributed by atoms with Gasteiger partial charge in [0.05, 0.1) is 0 Å². The van der Waals surface area contributed by atoms with E-state index in [1.807, 2.05) is 25.7 Å². The fourth-order valence-corrected chi connectivity index (χ4v) is 3.20. The van der Waals surface area contributed by atoms with E-state index in [4.69, 9.17) is 4.74 Å². The molecule has 3 unspecified atom stereocenters. The van der Waals surface area contributed by atoms with Crippen LogP contribution in [0.25, 0.3) is 0 Å². The predicted octanol–water partition coefficient (Wildman–Crippen LogP) is 1.32. The average molecular weight is 282 g/mol. The van der Waals surface area contributed by atoms with Crippen LogP contribution in [0.4, 0.5) is 0 Å². The van der Waals surface area contributed by atoms with Gasteiger partial charge in [0, 0.05) is 18.8 Å². The molecule has 2 saturated heterocycles. The number of hydrogen-bond donors (Lipinski definition) is 1. The van der Waals surface area contributed by atoms with Gasteiger partial charge in [-0.05, 0) is 32.6 Å². The van der Waals surface area contributed by atoms with Crippen LogP contribution in [-0.2, 0) is 14.3 Å². The maximum absolute atomic E-state index is 12.9. The summed E-state index contributed by atoms with van der Waals surface area (Å²) in [6.07, 6.45) is 2.46. The lowest BCUT2D eigenvalue weighted by Gasteiger charge is -2.50. The van der Waals surface area contributed by atoms with Crippen molar-refractivity contribution in [3.8, 4) is 0 Å². The second-order valence-electron chi connectivity index (χ2n) is 6.37. The van der Waals surface area contributed by atoms with Gasteiger partial charge in [0.2, 0.25) is 11.8 Å². The fraction of sp³-hybridized carbons (Fsp3) is 0.867. The molecular weight excluding hydrogens is 256 g/mol. The highest BCUT2D eigenvalue weighted by molar-refractivity contribution is 5.97. The Morgan fingerprint density at radius 2 is 2.00 bits per heavy atom. The Labute approximate surface area is 121 Å². The molecule has 2 amide bonds. The monoisotopic (exact) mass is 282 g/mol. The summed E-state index contributed by atoms with van der Waals surface area (Å²) in [7, 11) is 0. The molecule has 0 radical (unpaired) electrons. The minimum atomic E-state index is -0.397. The lowest BCUT2D eigenvalue weighted by molar-refractivity contribution is -0.161. The van der Waals surface area contributed by atoms with Gasteiger partial charge in [-0.25, -0.2) is 0 Å². The molecule has 2 fully saturated rings. The third kappa shape index (κ3) is 2.55. The number of ether oxygens (including phenoxy) is 1. The van der Waals surface area contributed by atoms with Crippen molar-refractivity contribution in [3.05, 3.63) is 0 Å². The van der Waals surface area contributed by atoms with E-state index >= 15 is 0 Å². The minimum Gasteiger partial charge on any atom is -0.381 e.